The van der Waals surface area contributed by atoms with Crippen LogP contribution < -0.4 is 0 Å². The number of phenolic OH excluding ortho intramolecular Hbond substituents is 1. The van der Waals surface area contributed by atoms with Crippen molar-refractivity contribution in [2.75, 3.05) is 0 Å². The van der Waals surface area contributed by atoms with Gasteiger partial charge in [0.25, 0.3) is 0 Å². The van der Waals surface area contributed by atoms with Crippen LogP contribution >= 0.6 is 11.6 Å². The predicted octanol–water partition coefficient (Wildman–Crippen LogP) is 4.44. The van der Waals surface area contributed by atoms with E-state index < -0.39 is 22.2 Å². The van der Waals surface area contributed by atoms with Crippen molar-refractivity contribution in [2.45, 2.75) is 32.1 Å². The Balaban J connectivity index is 2.49. The summed E-state index contributed by atoms with van der Waals surface area (Å²) < 4.78 is 14.0. The number of phenols is 1. The molecular formula is C13H13ClFNO3. The van der Waals surface area contributed by atoms with Crippen LogP contribution in [0.5, 0.6) is 5.75 Å². The maximum absolute atomic E-state index is 14.0. The average molecular weight is 286 g/mol. The third kappa shape index (κ3) is 2.87. The maximum Gasteiger partial charge on any atom is 0.348 e. The van der Waals surface area contributed by atoms with Crippen LogP contribution in [0, 0.1) is 15.9 Å². The van der Waals surface area contributed by atoms with E-state index in [0.29, 0.717) is 0 Å². The molecule has 4 nitrogen and oxygen atoms in total. The Bertz CT molecular complexity index is 549. The topological polar surface area (TPSA) is 63.4 Å². The number of hydrogen-bond acceptors (Lipinski definition) is 3. The fourth-order valence-electron chi connectivity index (χ4n) is 2.26. The molecule has 0 aromatic heterocycles. The Morgan fingerprint density at radius 3 is 2.58 bits per heavy atom. The third-order valence-electron chi connectivity index (χ3n) is 3.23. The number of nitrogens with zero attached hydrogens (tertiary/aromatic N) is 1. The van der Waals surface area contributed by atoms with Gasteiger partial charge in [0.1, 0.15) is 0 Å². The van der Waals surface area contributed by atoms with Gasteiger partial charge in [-0.25, -0.2) is 0 Å². The highest BCUT2D eigenvalue weighted by atomic mass is 35.5. The molecule has 0 amide bonds. The molecule has 0 heterocycles. The highest BCUT2D eigenvalue weighted by Gasteiger charge is 2.26. The van der Waals surface area contributed by atoms with Crippen molar-refractivity contribution in [3.8, 4) is 5.75 Å². The number of hydrogen-bond donors (Lipinski definition) is 1. The lowest BCUT2D eigenvalue weighted by Crippen LogP contribution is -1.98. The Morgan fingerprint density at radius 2 is 2.00 bits per heavy atom. The van der Waals surface area contributed by atoms with Crippen LogP contribution in [0.1, 0.15) is 37.7 Å². The number of halogens is 2. The highest BCUT2D eigenvalue weighted by Crippen LogP contribution is 2.39. The SMILES string of the molecule is O=[N+]([O-])c1c(O)c(Cl)cc(C=C2CCCCC2)c1F. The number of allylic oxidation sites excluding steroid dienone is 1. The van der Waals surface area contributed by atoms with Crippen molar-refractivity contribution >= 4 is 23.4 Å². The zero-order valence-electron chi connectivity index (χ0n) is 10.2. The smallest absolute Gasteiger partial charge is 0.348 e. The molecule has 0 saturated heterocycles. The number of aromatic hydroxyl groups is 1. The van der Waals surface area contributed by atoms with Crippen molar-refractivity contribution in [3.63, 3.8) is 0 Å². The van der Waals surface area contributed by atoms with E-state index in [4.69, 9.17) is 11.6 Å². The molecule has 0 radical (unpaired) electrons. The minimum atomic E-state index is -1.04. The third-order valence-corrected chi connectivity index (χ3v) is 3.52. The van der Waals surface area contributed by atoms with E-state index in [2.05, 4.69) is 0 Å². The van der Waals surface area contributed by atoms with Gasteiger partial charge in [-0.05, 0) is 31.7 Å². The lowest BCUT2D eigenvalue weighted by molar-refractivity contribution is -0.388. The molecule has 6 heteroatoms. The minimum absolute atomic E-state index is 0.0615. The van der Waals surface area contributed by atoms with Gasteiger partial charge in [-0.3, -0.25) is 10.1 Å². The number of nitro benzene ring substituents is 1. The van der Waals surface area contributed by atoms with Crippen molar-refractivity contribution in [1.82, 2.24) is 0 Å². The summed E-state index contributed by atoms with van der Waals surface area (Å²) in [5.41, 5.74) is 0.155. The largest absolute Gasteiger partial charge is 0.501 e. The summed E-state index contributed by atoms with van der Waals surface area (Å²) in [4.78, 5) is 9.81. The van der Waals surface area contributed by atoms with Gasteiger partial charge in [0.2, 0.25) is 11.6 Å². The van der Waals surface area contributed by atoms with Crippen molar-refractivity contribution < 1.29 is 14.4 Å². The van der Waals surface area contributed by atoms with E-state index in [-0.39, 0.29) is 10.6 Å². The summed E-state index contributed by atoms with van der Waals surface area (Å²) in [6.45, 7) is 0. The summed E-state index contributed by atoms with van der Waals surface area (Å²) in [7, 11) is 0. The molecule has 1 N–H and O–H groups in total. The molecule has 0 atom stereocenters. The second-order valence-electron chi connectivity index (χ2n) is 4.58. The molecule has 1 saturated carbocycles. The normalized spacial score (nSPS) is 15.4. The van der Waals surface area contributed by atoms with Crippen LogP contribution in [0.25, 0.3) is 6.08 Å². The Morgan fingerprint density at radius 1 is 1.37 bits per heavy atom. The number of rotatable bonds is 2. The lowest BCUT2D eigenvalue weighted by Gasteiger charge is -2.13. The number of nitro groups is 1. The quantitative estimate of drug-likeness (QED) is 0.645. The van der Waals surface area contributed by atoms with Gasteiger partial charge >= 0.3 is 5.69 Å². The van der Waals surface area contributed by atoms with E-state index in [9.17, 15) is 19.6 Å². The van der Waals surface area contributed by atoms with E-state index in [1.165, 1.54) is 6.07 Å². The zero-order valence-corrected chi connectivity index (χ0v) is 10.9. The van der Waals surface area contributed by atoms with Crippen LogP contribution in [0.4, 0.5) is 10.1 Å². The van der Waals surface area contributed by atoms with E-state index in [1.807, 2.05) is 0 Å². The summed E-state index contributed by atoms with van der Waals surface area (Å²) in [5, 5.41) is 20.0. The van der Waals surface area contributed by atoms with E-state index in [1.54, 1.807) is 6.08 Å². The fourth-order valence-corrected chi connectivity index (χ4v) is 2.47. The molecule has 1 aromatic carbocycles. The maximum atomic E-state index is 14.0. The molecule has 0 bridgehead atoms. The zero-order chi connectivity index (χ0) is 14.0. The second kappa shape index (κ2) is 5.57. The molecule has 0 aliphatic heterocycles. The van der Waals surface area contributed by atoms with Gasteiger partial charge in [0.15, 0.2) is 0 Å². The Labute approximate surface area is 114 Å². The van der Waals surface area contributed by atoms with Gasteiger partial charge < -0.3 is 5.11 Å². The van der Waals surface area contributed by atoms with Gasteiger partial charge in [0, 0.05) is 5.56 Å². The molecular weight excluding hydrogens is 273 g/mol. The van der Waals surface area contributed by atoms with Crippen LogP contribution in [-0.2, 0) is 0 Å². The molecule has 102 valence electrons. The van der Waals surface area contributed by atoms with Crippen LogP contribution in [0.15, 0.2) is 11.6 Å². The fraction of sp³-hybridized carbons (Fsp3) is 0.385. The summed E-state index contributed by atoms with van der Waals surface area (Å²) >= 11 is 5.70. The summed E-state index contributed by atoms with van der Waals surface area (Å²) in [6, 6.07) is 1.22. The molecule has 0 unspecified atom stereocenters. The predicted molar refractivity (Wildman–Crippen MR) is 70.8 cm³/mol. The highest BCUT2D eigenvalue weighted by molar-refractivity contribution is 6.32. The van der Waals surface area contributed by atoms with Crippen LogP contribution in [0.2, 0.25) is 5.02 Å². The van der Waals surface area contributed by atoms with Gasteiger partial charge in [-0.1, -0.05) is 29.7 Å². The summed E-state index contributed by atoms with van der Waals surface area (Å²) in [6.07, 6.45) is 6.57. The first-order valence-corrected chi connectivity index (χ1v) is 6.43. The van der Waals surface area contributed by atoms with Crippen molar-refractivity contribution in [3.05, 3.63) is 38.2 Å². The van der Waals surface area contributed by atoms with E-state index in [0.717, 1.165) is 37.7 Å². The molecule has 2 rings (SSSR count). The minimum Gasteiger partial charge on any atom is -0.501 e. The first kappa shape index (κ1) is 13.8. The molecule has 19 heavy (non-hydrogen) atoms. The Kier molecular flexibility index (Phi) is 4.04. The molecule has 1 aromatic rings. The monoisotopic (exact) mass is 285 g/mol. The van der Waals surface area contributed by atoms with Crippen LogP contribution in [0.3, 0.4) is 0 Å². The summed E-state index contributed by atoms with van der Waals surface area (Å²) in [5.74, 6) is -1.86. The van der Waals surface area contributed by atoms with Gasteiger partial charge in [-0.2, -0.15) is 4.39 Å². The van der Waals surface area contributed by atoms with Crippen molar-refractivity contribution in [1.29, 1.82) is 0 Å². The first-order chi connectivity index (χ1) is 9.00. The first-order valence-electron chi connectivity index (χ1n) is 6.05. The lowest BCUT2D eigenvalue weighted by atomic mass is 9.93. The second-order valence-corrected chi connectivity index (χ2v) is 4.99. The van der Waals surface area contributed by atoms with Crippen LogP contribution in [-0.4, -0.2) is 10.0 Å². The molecule has 0 spiro atoms. The van der Waals surface area contributed by atoms with Gasteiger partial charge in [0.05, 0.1) is 9.95 Å². The molecule has 1 aliphatic rings. The standard InChI is InChI=1S/C13H13ClFNO3/c14-10-7-9(6-8-4-2-1-3-5-8)11(15)12(13(10)17)16(18)19/h6-7,17H,1-5H2. The van der Waals surface area contributed by atoms with E-state index >= 15 is 0 Å². The number of benzene rings is 1. The molecule has 1 aliphatic carbocycles. The van der Waals surface area contributed by atoms with Crippen molar-refractivity contribution in [2.24, 2.45) is 0 Å². The average Bonchev–Trinajstić information content (AvgIpc) is 2.37. The Hall–Kier alpha value is -1.62. The van der Waals surface area contributed by atoms with Gasteiger partial charge in [-0.15, -0.1) is 0 Å². The molecule has 1 fully saturated rings.